The molecule has 0 unspecified atom stereocenters. The van der Waals surface area contributed by atoms with Gasteiger partial charge in [-0.3, -0.25) is 4.79 Å². The van der Waals surface area contributed by atoms with Gasteiger partial charge in [0.1, 0.15) is 6.61 Å². The van der Waals surface area contributed by atoms with Crippen molar-refractivity contribution in [2.45, 2.75) is 26.2 Å². The Morgan fingerprint density at radius 3 is 2.89 bits per heavy atom. The molecule has 0 radical (unpaired) electrons. The Hall–Kier alpha value is -1.79. The summed E-state index contributed by atoms with van der Waals surface area (Å²) in [6.07, 6.45) is 3.00. The van der Waals surface area contributed by atoms with Crippen molar-refractivity contribution >= 4 is 11.6 Å². The van der Waals surface area contributed by atoms with E-state index in [-0.39, 0.29) is 12.5 Å². The van der Waals surface area contributed by atoms with Crippen LogP contribution in [0.15, 0.2) is 18.2 Å². The highest BCUT2D eigenvalue weighted by Gasteiger charge is 2.24. The number of nitrogens with one attached hydrogen (secondary N) is 1. The van der Waals surface area contributed by atoms with Crippen LogP contribution in [0.1, 0.15) is 30.4 Å². The number of benzene rings is 1. The summed E-state index contributed by atoms with van der Waals surface area (Å²) in [6.45, 7) is 1.80. The van der Waals surface area contributed by atoms with Gasteiger partial charge in [-0.25, -0.2) is 0 Å². The van der Waals surface area contributed by atoms with Gasteiger partial charge in [0.2, 0.25) is 5.91 Å². The third-order valence-corrected chi connectivity index (χ3v) is 2.98. The summed E-state index contributed by atoms with van der Waals surface area (Å²) in [5.41, 5.74) is 2.68. The van der Waals surface area contributed by atoms with Crippen molar-refractivity contribution in [3.05, 3.63) is 29.3 Å². The molecule has 1 aliphatic carbocycles. The van der Waals surface area contributed by atoms with E-state index in [1.807, 2.05) is 25.1 Å². The zero-order valence-electron chi connectivity index (χ0n) is 10.5. The highest BCUT2D eigenvalue weighted by Crippen LogP contribution is 2.32. The molecule has 0 heterocycles. The Balaban J connectivity index is 2.01. The maximum atomic E-state index is 11.7. The standard InChI is InChI=1S/C15H17NO2/c1-11-9-12(3-2-8-17)6-7-14(11)16-15(18)10-13-4-5-13/h6-7,9,13,17H,4-5,8,10H2,1H3,(H,16,18). The quantitative estimate of drug-likeness (QED) is 0.798. The summed E-state index contributed by atoms with van der Waals surface area (Å²) in [7, 11) is 0. The van der Waals surface area contributed by atoms with Gasteiger partial charge in [-0.15, -0.1) is 0 Å². The van der Waals surface area contributed by atoms with Gasteiger partial charge >= 0.3 is 0 Å². The maximum absolute atomic E-state index is 11.7. The average molecular weight is 243 g/mol. The Bertz CT molecular complexity index is 507. The lowest BCUT2D eigenvalue weighted by Crippen LogP contribution is -2.12. The summed E-state index contributed by atoms with van der Waals surface area (Å²) >= 11 is 0. The van der Waals surface area contributed by atoms with E-state index in [9.17, 15) is 4.79 Å². The third kappa shape index (κ3) is 3.61. The molecule has 1 aliphatic rings. The highest BCUT2D eigenvalue weighted by molar-refractivity contribution is 5.91. The number of carbonyl (C=O) groups excluding carboxylic acids is 1. The first kappa shape index (κ1) is 12.7. The molecule has 2 rings (SSSR count). The van der Waals surface area contributed by atoms with E-state index >= 15 is 0 Å². The molecule has 0 aliphatic heterocycles. The molecule has 1 aromatic rings. The molecule has 3 nitrogen and oxygen atoms in total. The number of anilines is 1. The van der Waals surface area contributed by atoms with Gasteiger partial charge in [-0.1, -0.05) is 11.8 Å². The number of aliphatic hydroxyl groups excluding tert-OH is 1. The Labute approximate surface area is 107 Å². The maximum Gasteiger partial charge on any atom is 0.224 e. The molecular formula is C15H17NO2. The summed E-state index contributed by atoms with van der Waals surface area (Å²) in [5, 5.41) is 11.6. The van der Waals surface area contributed by atoms with Gasteiger partial charge in [-0.05, 0) is 49.4 Å². The molecule has 0 saturated heterocycles. The second-order valence-corrected chi connectivity index (χ2v) is 4.69. The van der Waals surface area contributed by atoms with Crippen LogP contribution in [0, 0.1) is 24.7 Å². The Morgan fingerprint density at radius 2 is 2.28 bits per heavy atom. The number of rotatable bonds is 3. The van der Waals surface area contributed by atoms with E-state index in [4.69, 9.17) is 5.11 Å². The van der Waals surface area contributed by atoms with Crippen LogP contribution in [0.5, 0.6) is 0 Å². The first-order valence-electron chi connectivity index (χ1n) is 6.19. The van der Waals surface area contributed by atoms with Crippen molar-refractivity contribution in [1.82, 2.24) is 0 Å². The lowest BCUT2D eigenvalue weighted by Gasteiger charge is -2.08. The van der Waals surface area contributed by atoms with Gasteiger partial charge in [-0.2, -0.15) is 0 Å². The smallest absolute Gasteiger partial charge is 0.224 e. The summed E-state index contributed by atoms with van der Waals surface area (Å²) in [6, 6.07) is 5.62. The second-order valence-electron chi connectivity index (χ2n) is 4.69. The largest absolute Gasteiger partial charge is 0.384 e. The Kier molecular flexibility index (Phi) is 4.01. The highest BCUT2D eigenvalue weighted by atomic mass is 16.2. The van der Waals surface area contributed by atoms with E-state index in [1.54, 1.807) is 0 Å². The van der Waals surface area contributed by atoms with Crippen LogP contribution in [0.2, 0.25) is 0 Å². The number of hydrogen-bond donors (Lipinski definition) is 2. The molecule has 1 amide bonds. The lowest BCUT2D eigenvalue weighted by molar-refractivity contribution is -0.116. The van der Waals surface area contributed by atoms with Crippen LogP contribution >= 0.6 is 0 Å². The van der Waals surface area contributed by atoms with Crippen molar-refractivity contribution < 1.29 is 9.90 Å². The minimum atomic E-state index is -0.140. The number of hydrogen-bond acceptors (Lipinski definition) is 2. The zero-order valence-corrected chi connectivity index (χ0v) is 10.5. The fourth-order valence-corrected chi connectivity index (χ4v) is 1.81. The minimum absolute atomic E-state index is 0.0924. The van der Waals surface area contributed by atoms with E-state index in [2.05, 4.69) is 17.2 Å². The molecule has 0 atom stereocenters. The molecule has 3 heteroatoms. The summed E-state index contributed by atoms with van der Waals surface area (Å²) < 4.78 is 0. The molecule has 1 aromatic carbocycles. The van der Waals surface area contributed by atoms with E-state index < -0.39 is 0 Å². The van der Waals surface area contributed by atoms with Crippen LogP contribution in [0.25, 0.3) is 0 Å². The average Bonchev–Trinajstić information content (AvgIpc) is 3.13. The topological polar surface area (TPSA) is 49.3 Å². The van der Waals surface area contributed by atoms with Crippen LogP contribution in [-0.4, -0.2) is 17.6 Å². The molecular weight excluding hydrogens is 226 g/mol. The van der Waals surface area contributed by atoms with Crippen molar-refractivity contribution in [1.29, 1.82) is 0 Å². The van der Waals surface area contributed by atoms with Gasteiger partial charge in [0.15, 0.2) is 0 Å². The van der Waals surface area contributed by atoms with Crippen LogP contribution in [0.3, 0.4) is 0 Å². The van der Waals surface area contributed by atoms with Gasteiger partial charge in [0, 0.05) is 17.7 Å². The zero-order chi connectivity index (χ0) is 13.0. The van der Waals surface area contributed by atoms with Crippen molar-refractivity contribution in [2.24, 2.45) is 5.92 Å². The van der Waals surface area contributed by atoms with Crippen LogP contribution in [-0.2, 0) is 4.79 Å². The first-order chi connectivity index (χ1) is 8.69. The van der Waals surface area contributed by atoms with Crippen LogP contribution in [0.4, 0.5) is 5.69 Å². The number of carbonyl (C=O) groups is 1. The monoisotopic (exact) mass is 243 g/mol. The van der Waals surface area contributed by atoms with Crippen molar-refractivity contribution in [3.8, 4) is 11.8 Å². The predicted octanol–water partition coefficient (Wildman–Crippen LogP) is 2.08. The molecule has 2 N–H and O–H groups in total. The molecule has 18 heavy (non-hydrogen) atoms. The fourth-order valence-electron chi connectivity index (χ4n) is 1.81. The Morgan fingerprint density at radius 1 is 1.50 bits per heavy atom. The number of aryl methyl sites for hydroxylation is 1. The number of amides is 1. The second kappa shape index (κ2) is 5.70. The third-order valence-electron chi connectivity index (χ3n) is 2.98. The number of aliphatic hydroxyl groups is 1. The molecule has 94 valence electrons. The SMILES string of the molecule is Cc1cc(C#CCO)ccc1NC(=O)CC1CC1. The molecule has 1 saturated carbocycles. The first-order valence-corrected chi connectivity index (χ1v) is 6.19. The predicted molar refractivity (Wildman–Crippen MR) is 71.1 cm³/mol. The summed E-state index contributed by atoms with van der Waals surface area (Å²) in [5.74, 6) is 6.14. The van der Waals surface area contributed by atoms with Gasteiger partial charge in [0.05, 0.1) is 0 Å². The molecule has 1 fully saturated rings. The molecule has 0 bridgehead atoms. The molecule has 0 aromatic heterocycles. The minimum Gasteiger partial charge on any atom is -0.384 e. The van der Waals surface area contributed by atoms with E-state index in [0.717, 1.165) is 16.8 Å². The van der Waals surface area contributed by atoms with Gasteiger partial charge in [0.25, 0.3) is 0 Å². The van der Waals surface area contributed by atoms with Crippen molar-refractivity contribution in [2.75, 3.05) is 11.9 Å². The van der Waals surface area contributed by atoms with E-state index in [1.165, 1.54) is 12.8 Å². The fraction of sp³-hybridized carbons (Fsp3) is 0.400. The van der Waals surface area contributed by atoms with E-state index in [0.29, 0.717) is 12.3 Å². The van der Waals surface area contributed by atoms with Crippen molar-refractivity contribution in [3.63, 3.8) is 0 Å². The molecule has 0 spiro atoms. The van der Waals surface area contributed by atoms with Crippen LogP contribution < -0.4 is 5.32 Å². The lowest BCUT2D eigenvalue weighted by atomic mass is 10.1. The normalized spacial score (nSPS) is 13.7. The van der Waals surface area contributed by atoms with Gasteiger partial charge < -0.3 is 10.4 Å². The summed E-state index contributed by atoms with van der Waals surface area (Å²) in [4.78, 5) is 11.7.